The molecule has 33 heavy (non-hydrogen) atoms. The molecule has 2 amide bonds. The monoisotopic (exact) mass is 442 g/mol. The van der Waals surface area contributed by atoms with Crippen LogP contribution in [0.1, 0.15) is 33.0 Å². The number of hydrogen-bond donors (Lipinski definition) is 1. The molecule has 0 aliphatic rings. The van der Waals surface area contributed by atoms with Gasteiger partial charge in [0.05, 0.1) is 36.7 Å². The lowest BCUT2D eigenvalue weighted by Gasteiger charge is -2.16. The van der Waals surface area contributed by atoms with Crippen LogP contribution in [0, 0.1) is 13.8 Å². The molecule has 0 saturated carbocycles. The lowest BCUT2D eigenvalue weighted by Crippen LogP contribution is -2.26. The molecule has 0 atom stereocenters. The third-order valence-electron chi connectivity index (χ3n) is 5.21. The molecular formula is C26H26N4O3. The summed E-state index contributed by atoms with van der Waals surface area (Å²) in [7, 11) is 1.74. The van der Waals surface area contributed by atoms with E-state index in [0.717, 1.165) is 28.3 Å². The molecule has 0 radical (unpaired) electrons. The Morgan fingerprint density at radius 3 is 2.64 bits per heavy atom. The maximum Gasteiger partial charge on any atom is 0.254 e. The van der Waals surface area contributed by atoms with Gasteiger partial charge in [0.2, 0.25) is 5.91 Å². The van der Waals surface area contributed by atoms with Crippen molar-refractivity contribution in [1.29, 1.82) is 0 Å². The van der Waals surface area contributed by atoms with E-state index in [1.54, 1.807) is 41.2 Å². The van der Waals surface area contributed by atoms with Gasteiger partial charge < -0.3 is 14.6 Å². The molecule has 2 aromatic heterocycles. The highest BCUT2D eigenvalue weighted by molar-refractivity contribution is 5.94. The number of amides is 2. The second-order valence-electron chi connectivity index (χ2n) is 8.11. The SMILES string of the molecule is Cc1cccc(CC(=O)Nc2cnn(-c3cccc(C(=O)N(C)Cc4ccc(C)o4)c3)c2)c1. The molecule has 0 aliphatic carbocycles. The summed E-state index contributed by atoms with van der Waals surface area (Å²) >= 11 is 0. The van der Waals surface area contributed by atoms with Crippen molar-refractivity contribution in [2.75, 3.05) is 12.4 Å². The third kappa shape index (κ3) is 5.57. The lowest BCUT2D eigenvalue weighted by atomic mass is 10.1. The zero-order valence-corrected chi connectivity index (χ0v) is 18.9. The fourth-order valence-electron chi connectivity index (χ4n) is 3.62. The number of hydrogen-bond acceptors (Lipinski definition) is 4. The third-order valence-corrected chi connectivity index (χ3v) is 5.21. The number of anilines is 1. The molecule has 0 unspecified atom stereocenters. The van der Waals surface area contributed by atoms with Crippen LogP contribution in [-0.2, 0) is 17.8 Å². The Morgan fingerprint density at radius 1 is 1.06 bits per heavy atom. The minimum atomic E-state index is -0.121. The first-order chi connectivity index (χ1) is 15.9. The van der Waals surface area contributed by atoms with Gasteiger partial charge in [-0.3, -0.25) is 9.59 Å². The van der Waals surface area contributed by atoms with E-state index >= 15 is 0 Å². The van der Waals surface area contributed by atoms with Crippen LogP contribution in [0.15, 0.2) is 77.5 Å². The maximum atomic E-state index is 12.9. The highest BCUT2D eigenvalue weighted by atomic mass is 16.3. The van der Waals surface area contributed by atoms with Crippen LogP contribution in [0.25, 0.3) is 5.69 Å². The molecule has 2 heterocycles. The molecule has 0 saturated heterocycles. The van der Waals surface area contributed by atoms with Crippen LogP contribution in [0.2, 0.25) is 0 Å². The van der Waals surface area contributed by atoms with E-state index in [9.17, 15) is 9.59 Å². The Hall–Kier alpha value is -4.13. The summed E-state index contributed by atoms with van der Waals surface area (Å²) in [4.78, 5) is 26.9. The number of rotatable bonds is 7. The number of carbonyl (C=O) groups excluding carboxylic acids is 2. The Kier molecular flexibility index (Phi) is 6.40. The van der Waals surface area contributed by atoms with Crippen molar-refractivity contribution < 1.29 is 14.0 Å². The van der Waals surface area contributed by atoms with E-state index < -0.39 is 0 Å². The summed E-state index contributed by atoms with van der Waals surface area (Å²) in [5, 5.41) is 7.22. The number of furan rings is 1. The highest BCUT2D eigenvalue weighted by Crippen LogP contribution is 2.17. The van der Waals surface area contributed by atoms with Gasteiger partial charge in [0.1, 0.15) is 11.5 Å². The van der Waals surface area contributed by atoms with Crippen LogP contribution >= 0.6 is 0 Å². The Balaban J connectivity index is 1.42. The van der Waals surface area contributed by atoms with Gasteiger partial charge in [0.25, 0.3) is 5.91 Å². The van der Waals surface area contributed by atoms with Crippen LogP contribution < -0.4 is 5.32 Å². The number of nitrogens with zero attached hydrogens (tertiary/aromatic N) is 3. The van der Waals surface area contributed by atoms with Crippen LogP contribution in [0.5, 0.6) is 0 Å². The van der Waals surface area contributed by atoms with Crippen molar-refractivity contribution in [3.8, 4) is 5.69 Å². The zero-order valence-electron chi connectivity index (χ0n) is 18.9. The molecule has 2 aromatic carbocycles. The standard InChI is InChI=1S/C26H26N4O3/c1-18-6-4-7-20(12-18)13-25(31)28-22-15-27-30(16-22)23-9-5-8-21(14-23)26(32)29(3)17-24-11-10-19(2)33-24/h4-12,14-16H,13,17H2,1-3H3,(H,28,31). The first-order valence-electron chi connectivity index (χ1n) is 10.7. The summed E-state index contributed by atoms with van der Waals surface area (Å²) in [6.45, 7) is 4.26. The predicted octanol–water partition coefficient (Wildman–Crippen LogP) is 4.54. The topological polar surface area (TPSA) is 80.4 Å². The lowest BCUT2D eigenvalue weighted by molar-refractivity contribution is -0.115. The van der Waals surface area contributed by atoms with Crippen molar-refractivity contribution in [1.82, 2.24) is 14.7 Å². The van der Waals surface area contributed by atoms with Gasteiger partial charge in [0.15, 0.2) is 0 Å². The number of aryl methyl sites for hydroxylation is 2. The van der Waals surface area contributed by atoms with Crippen molar-refractivity contribution in [3.63, 3.8) is 0 Å². The van der Waals surface area contributed by atoms with Crippen LogP contribution in [-0.4, -0.2) is 33.5 Å². The Morgan fingerprint density at radius 2 is 1.88 bits per heavy atom. The molecule has 0 spiro atoms. The van der Waals surface area contributed by atoms with Gasteiger partial charge in [-0.15, -0.1) is 0 Å². The second kappa shape index (κ2) is 9.56. The predicted molar refractivity (Wildman–Crippen MR) is 126 cm³/mol. The maximum absolute atomic E-state index is 12.9. The zero-order chi connectivity index (χ0) is 23.4. The van der Waals surface area contributed by atoms with Crippen LogP contribution in [0.4, 0.5) is 5.69 Å². The quantitative estimate of drug-likeness (QED) is 0.456. The molecule has 0 aliphatic heterocycles. The minimum Gasteiger partial charge on any atom is -0.464 e. The van der Waals surface area contributed by atoms with Crippen LogP contribution in [0.3, 0.4) is 0 Å². The van der Waals surface area contributed by atoms with E-state index in [1.165, 1.54) is 0 Å². The van der Waals surface area contributed by atoms with Crippen molar-refractivity contribution >= 4 is 17.5 Å². The first-order valence-corrected chi connectivity index (χ1v) is 10.7. The molecule has 0 fully saturated rings. The van der Waals surface area contributed by atoms with E-state index in [4.69, 9.17) is 4.42 Å². The minimum absolute atomic E-state index is 0.112. The van der Waals surface area contributed by atoms with E-state index in [1.807, 2.05) is 62.4 Å². The van der Waals surface area contributed by atoms with Gasteiger partial charge in [-0.25, -0.2) is 4.68 Å². The molecule has 168 valence electrons. The second-order valence-corrected chi connectivity index (χ2v) is 8.11. The van der Waals surface area contributed by atoms with Gasteiger partial charge in [0, 0.05) is 12.6 Å². The Labute approximate surface area is 192 Å². The summed E-state index contributed by atoms with van der Waals surface area (Å²) in [6, 6.07) is 18.8. The summed E-state index contributed by atoms with van der Waals surface area (Å²) in [5.74, 6) is 1.31. The van der Waals surface area contributed by atoms with Crippen molar-refractivity contribution in [2.24, 2.45) is 0 Å². The number of nitrogens with one attached hydrogen (secondary N) is 1. The highest BCUT2D eigenvalue weighted by Gasteiger charge is 2.15. The normalized spacial score (nSPS) is 10.8. The van der Waals surface area contributed by atoms with Gasteiger partial charge in [-0.1, -0.05) is 35.9 Å². The van der Waals surface area contributed by atoms with Gasteiger partial charge in [-0.2, -0.15) is 5.10 Å². The van der Waals surface area contributed by atoms with Gasteiger partial charge >= 0.3 is 0 Å². The average Bonchev–Trinajstić information content (AvgIpc) is 3.42. The fourth-order valence-corrected chi connectivity index (χ4v) is 3.62. The molecule has 7 nitrogen and oxygen atoms in total. The average molecular weight is 443 g/mol. The number of carbonyl (C=O) groups is 2. The summed E-state index contributed by atoms with van der Waals surface area (Å²) in [5.41, 5.74) is 3.93. The smallest absolute Gasteiger partial charge is 0.254 e. The summed E-state index contributed by atoms with van der Waals surface area (Å²) < 4.78 is 7.20. The van der Waals surface area contributed by atoms with E-state index in [2.05, 4.69) is 10.4 Å². The number of aromatic nitrogens is 2. The fraction of sp³-hybridized carbons (Fsp3) is 0.192. The van der Waals surface area contributed by atoms with E-state index in [-0.39, 0.29) is 11.8 Å². The van der Waals surface area contributed by atoms with E-state index in [0.29, 0.717) is 24.2 Å². The summed E-state index contributed by atoms with van der Waals surface area (Å²) in [6.07, 6.45) is 3.61. The van der Waals surface area contributed by atoms with Crippen molar-refractivity contribution in [2.45, 2.75) is 26.8 Å². The first kappa shape index (κ1) is 22.1. The molecule has 1 N–H and O–H groups in total. The Bertz CT molecular complexity index is 1290. The molecule has 7 heteroatoms. The number of benzene rings is 2. The van der Waals surface area contributed by atoms with Crippen molar-refractivity contribution in [3.05, 3.63) is 101 Å². The largest absolute Gasteiger partial charge is 0.464 e. The molecular weight excluding hydrogens is 416 g/mol. The van der Waals surface area contributed by atoms with Gasteiger partial charge in [-0.05, 0) is 49.7 Å². The molecule has 4 rings (SSSR count). The molecule has 4 aromatic rings. The molecule has 0 bridgehead atoms.